The lowest BCUT2D eigenvalue weighted by atomic mass is 9.82. The van der Waals surface area contributed by atoms with Gasteiger partial charge in [0.05, 0.1) is 5.52 Å². The van der Waals surface area contributed by atoms with Crippen LogP contribution in [0.3, 0.4) is 0 Å². The molecule has 0 amide bonds. The summed E-state index contributed by atoms with van der Waals surface area (Å²) in [5.74, 6) is 0. The van der Waals surface area contributed by atoms with Crippen LogP contribution in [0, 0.1) is 6.92 Å². The van der Waals surface area contributed by atoms with Gasteiger partial charge in [-0.05, 0) is 125 Å². The van der Waals surface area contributed by atoms with Crippen LogP contribution in [0.15, 0.2) is 158 Å². The van der Waals surface area contributed by atoms with Crippen molar-refractivity contribution in [3.63, 3.8) is 0 Å². The molecule has 1 heteroatoms. The number of hydrogen-bond donors (Lipinski definition) is 0. The Bertz CT molecular complexity index is 2770. The summed E-state index contributed by atoms with van der Waals surface area (Å²) in [5.41, 5.74) is 20.2. The number of rotatable bonds is 3. The van der Waals surface area contributed by atoms with Crippen LogP contribution in [0.2, 0.25) is 0 Å². The molecule has 226 valence electrons. The molecule has 0 spiro atoms. The fourth-order valence-electron chi connectivity index (χ4n) is 8.89. The molecule has 1 aromatic heterocycles. The van der Waals surface area contributed by atoms with Crippen molar-refractivity contribution < 1.29 is 0 Å². The Hall–Kier alpha value is -6.31. The van der Waals surface area contributed by atoms with Crippen LogP contribution in [0.5, 0.6) is 0 Å². The third-order valence-corrected chi connectivity index (χ3v) is 10.8. The van der Waals surface area contributed by atoms with E-state index in [1.165, 1.54) is 105 Å². The van der Waals surface area contributed by atoms with Crippen LogP contribution in [-0.2, 0) is 0 Å². The van der Waals surface area contributed by atoms with Gasteiger partial charge in [-0.1, -0.05) is 140 Å². The molecule has 0 atom stereocenters. The van der Waals surface area contributed by atoms with Crippen molar-refractivity contribution in [1.29, 1.82) is 0 Å². The highest BCUT2D eigenvalue weighted by Crippen LogP contribution is 2.58. The summed E-state index contributed by atoms with van der Waals surface area (Å²) in [5, 5.41) is 6.47. The number of pyridine rings is 1. The van der Waals surface area contributed by atoms with Crippen molar-refractivity contribution in [2.24, 2.45) is 0 Å². The Balaban J connectivity index is 1.21. The largest absolute Gasteiger partial charge is 0.253 e. The third kappa shape index (κ3) is 3.62. The minimum Gasteiger partial charge on any atom is -0.253 e. The number of aryl methyl sites for hydroxylation is 1. The van der Waals surface area contributed by atoms with Crippen LogP contribution in [0.4, 0.5) is 0 Å². The predicted molar refractivity (Wildman–Crippen MR) is 207 cm³/mol. The Morgan fingerprint density at radius 3 is 1.61 bits per heavy atom. The van der Waals surface area contributed by atoms with Gasteiger partial charge in [0, 0.05) is 11.1 Å². The van der Waals surface area contributed by atoms with E-state index >= 15 is 0 Å². The molecule has 0 unspecified atom stereocenters. The van der Waals surface area contributed by atoms with E-state index in [1.807, 2.05) is 0 Å². The van der Waals surface area contributed by atoms with Crippen LogP contribution in [-0.4, -0.2) is 4.98 Å². The number of aromatic nitrogens is 1. The second-order valence-corrected chi connectivity index (χ2v) is 13.4. The van der Waals surface area contributed by atoms with Crippen molar-refractivity contribution in [1.82, 2.24) is 4.98 Å². The smallest absolute Gasteiger partial charge is 0.0717 e. The number of hydrogen-bond acceptors (Lipinski definition) is 1. The van der Waals surface area contributed by atoms with E-state index in [0.717, 1.165) is 11.2 Å². The Morgan fingerprint density at radius 2 is 0.898 bits per heavy atom. The summed E-state index contributed by atoms with van der Waals surface area (Å²) >= 11 is 0. The number of nitrogens with zero attached hydrogens (tertiary/aromatic N) is 1. The first kappa shape index (κ1) is 26.7. The van der Waals surface area contributed by atoms with Gasteiger partial charge in [0.1, 0.15) is 0 Å². The van der Waals surface area contributed by atoms with Crippen LogP contribution in [0.1, 0.15) is 5.69 Å². The second-order valence-electron chi connectivity index (χ2n) is 13.4. The van der Waals surface area contributed by atoms with E-state index < -0.39 is 0 Å². The van der Waals surface area contributed by atoms with E-state index in [0.29, 0.717) is 0 Å². The van der Waals surface area contributed by atoms with Gasteiger partial charge in [-0.15, -0.1) is 0 Å². The predicted octanol–water partition coefficient (Wildman–Crippen LogP) is 13.1. The molecule has 8 aromatic carbocycles. The SMILES string of the molecule is Cc1cc2c3c(cccc3n1)-c1cc(-c3ccc4c5c(cccc35)-c3c-4c(-c4ccccc4)c4ccccc4c3-c3ccccc3)ccc1-2. The fourth-order valence-corrected chi connectivity index (χ4v) is 8.89. The molecule has 0 fully saturated rings. The van der Waals surface area contributed by atoms with Crippen molar-refractivity contribution in [2.75, 3.05) is 0 Å². The average molecular weight is 620 g/mol. The third-order valence-electron chi connectivity index (χ3n) is 10.8. The highest BCUT2D eigenvalue weighted by atomic mass is 14.7. The summed E-state index contributed by atoms with van der Waals surface area (Å²) in [6.07, 6.45) is 0. The van der Waals surface area contributed by atoms with Gasteiger partial charge in [-0.3, -0.25) is 4.98 Å². The van der Waals surface area contributed by atoms with Gasteiger partial charge in [0.25, 0.3) is 0 Å². The standard InChI is InChI=1S/C48H29N/c1-28-26-41-33-23-22-31(27-40(33)37-19-11-21-42(49-28)46(37)41)32-24-25-39-45-34(32)18-10-20-38(45)47-43(29-12-4-2-5-13-29)35-16-8-9-17-36(35)44(48(39)47)30-14-6-3-7-15-30/h2-27H,1H3. The summed E-state index contributed by atoms with van der Waals surface area (Å²) in [6.45, 7) is 2.09. The van der Waals surface area contributed by atoms with E-state index in [-0.39, 0.29) is 0 Å². The minimum absolute atomic E-state index is 1.06. The van der Waals surface area contributed by atoms with Gasteiger partial charge < -0.3 is 0 Å². The zero-order chi connectivity index (χ0) is 32.2. The Morgan fingerprint density at radius 1 is 0.327 bits per heavy atom. The van der Waals surface area contributed by atoms with Gasteiger partial charge in [0.2, 0.25) is 0 Å². The van der Waals surface area contributed by atoms with Crippen molar-refractivity contribution >= 4 is 32.4 Å². The van der Waals surface area contributed by atoms with E-state index in [1.54, 1.807) is 0 Å². The Labute approximate surface area is 284 Å². The van der Waals surface area contributed by atoms with Crippen molar-refractivity contribution in [2.45, 2.75) is 6.92 Å². The topological polar surface area (TPSA) is 12.9 Å². The summed E-state index contributed by atoms with van der Waals surface area (Å²) in [7, 11) is 0. The van der Waals surface area contributed by atoms with E-state index in [2.05, 4.69) is 165 Å². The monoisotopic (exact) mass is 619 g/mol. The molecule has 9 aromatic rings. The molecule has 0 aliphatic heterocycles. The van der Waals surface area contributed by atoms with Crippen LogP contribution >= 0.6 is 0 Å². The van der Waals surface area contributed by atoms with Gasteiger partial charge in [0.15, 0.2) is 0 Å². The molecule has 1 heterocycles. The molecule has 2 aliphatic rings. The van der Waals surface area contributed by atoms with E-state index in [9.17, 15) is 0 Å². The second kappa shape index (κ2) is 9.86. The molecule has 1 nitrogen and oxygen atoms in total. The molecule has 2 aliphatic carbocycles. The normalized spacial score (nSPS) is 12.2. The molecule has 0 saturated heterocycles. The quantitative estimate of drug-likeness (QED) is 0.192. The van der Waals surface area contributed by atoms with Gasteiger partial charge in [-0.25, -0.2) is 0 Å². The van der Waals surface area contributed by atoms with Gasteiger partial charge in [-0.2, -0.15) is 0 Å². The highest BCUT2D eigenvalue weighted by molar-refractivity contribution is 6.29. The van der Waals surface area contributed by atoms with Crippen molar-refractivity contribution in [3.05, 3.63) is 163 Å². The minimum atomic E-state index is 1.06. The van der Waals surface area contributed by atoms with Crippen LogP contribution in [0.25, 0.3) is 110 Å². The number of benzene rings is 8. The molecule has 11 rings (SSSR count). The first-order valence-electron chi connectivity index (χ1n) is 17.1. The maximum Gasteiger partial charge on any atom is 0.0717 e. The lowest BCUT2D eigenvalue weighted by molar-refractivity contribution is 1.26. The summed E-state index contributed by atoms with van der Waals surface area (Å²) in [4.78, 5) is 4.87. The first-order chi connectivity index (χ1) is 24.2. The van der Waals surface area contributed by atoms with Gasteiger partial charge >= 0.3 is 0 Å². The summed E-state index contributed by atoms with van der Waals surface area (Å²) in [6, 6.07) is 58.4. The average Bonchev–Trinajstić information content (AvgIpc) is 3.65. The lowest BCUT2D eigenvalue weighted by Gasteiger charge is -2.20. The maximum atomic E-state index is 4.87. The molecular weight excluding hydrogens is 591 g/mol. The van der Waals surface area contributed by atoms with Crippen molar-refractivity contribution in [3.8, 4) is 77.9 Å². The Kier molecular flexibility index (Phi) is 5.38. The molecule has 0 bridgehead atoms. The molecule has 0 saturated carbocycles. The number of fused-ring (bicyclic) bond motifs is 7. The lowest BCUT2D eigenvalue weighted by Crippen LogP contribution is -1.93. The van der Waals surface area contributed by atoms with Crippen LogP contribution < -0.4 is 0 Å². The first-order valence-corrected chi connectivity index (χ1v) is 17.1. The zero-order valence-electron chi connectivity index (χ0n) is 27.0. The highest BCUT2D eigenvalue weighted by Gasteiger charge is 2.31. The fraction of sp³-hybridized carbons (Fsp3) is 0.0208. The maximum absolute atomic E-state index is 4.87. The zero-order valence-corrected chi connectivity index (χ0v) is 27.0. The molecular formula is C48H29N. The molecule has 49 heavy (non-hydrogen) atoms. The molecule has 0 radical (unpaired) electrons. The summed E-state index contributed by atoms with van der Waals surface area (Å²) < 4.78 is 0. The van der Waals surface area contributed by atoms with E-state index in [4.69, 9.17) is 4.98 Å². The molecule has 0 N–H and O–H groups in total.